The molecule has 4 unspecified atom stereocenters. The Balaban J connectivity index is 1.74. The summed E-state index contributed by atoms with van der Waals surface area (Å²) < 4.78 is 0. The molecular weight excluding hydrogens is 573 g/mol. The Hall–Kier alpha value is -4.62. The highest BCUT2D eigenvalue weighted by Crippen LogP contribution is 2.39. The normalized spacial score (nSPS) is 15.4. The standard InChI is InChI=1S/C40H36O4Si/c41-37(29-17-6-1-7-18-29)34-27-16-28-35(36(34)38(42)30-19-8-2-9-20-30)45(33-25-14-5-15-26-33,39(43)31-21-10-3-11-22-31)40(44)32-23-12-4-13-24-32/h1-28,37-44H. The van der Waals surface area contributed by atoms with Gasteiger partial charge in [-0.05, 0) is 43.8 Å². The molecule has 4 atom stereocenters. The molecule has 0 bridgehead atoms. The summed E-state index contributed by atoms with van der Waals surface area (Å²) in [7, 11) is -3.81. The lowest BCUT2D eigenvalue weighted by molar-refractivity contribution is 0.195. The first-order valence-corrected chi connectivity index (χ1v) is 17.3. The summed E-state index contributed by atoms with van der Waals surface area (Å²) in [6.07, 6.45) is -2.22. The number of rotatable bonds is 10. The molecule has 6 rings (SSSR count). The van der Waals surface area contributed by atoms with Gasteiger partial charge in [0.05, 0.1) is 11.5 Å². The van der Waals surface area contributed by atoms with Crippen LogP contribution in [0.1, 0.15) is 57.0 Å². The molecule has 4 N–H and O–H groups in total. The molecule has 4 nitrogen and oxygen atoms in total. The van der Waals surface area contributed by atoms with Crippen LogP contribution >= 0.6 is 0 Å². The number of aliphatic hydroxyl groups excluding tert-OH is 4. The van der Waals surface area contributed by atoms with Crippen LogP contribution in [0.4, 0.5) is 0 Å². The second-order valence-corrected chi connectivity index (χ2v) is 15.2. The molecule has 0 amide bonds. The lowest BCUT2D eigenvalue weighted by Gasteiger charge is -2.43. The van der Waals surface area contributed by atoms with Crippen molar-refractivity contribution < 1.29 is 20.4 Å². The Morgan fingerprint density at radius 1 is 0.356 bits per heavy atom. The molecule has 0 saturated heterocycles. The first-order valence-electron chi connectivity index (χ1n) is 15.1. The highest BCUT2D eigenvalue weighted by Gasteiger charge is 2.53. The van der Waals surface area contributed by atoms with E-state index < -0.39 is 31.7 Å². The zero-order valence-electron chi connectivity index (χ0n) is 24.8. The molecule has 0 aliphatic rings. The summed E-state index contributed by atoms with van der Waals surface area (Å²) in [5.41, 5.74) is 1.41. The Kier molecular flexibility index (Phi) is 9.17. The van der Waals surface area contributed by atoms with E-state index in [9.17, 15) is 20.4 Å². The molecule has 0 saturated carbocycles. The summed E-state index contributed by atoms with van der Waals surface area (Å²) >= 11 is 0. The van der Waals surface area contributed by atoms with Crippen LogP contribution in [0.3, 0.4) is 0 Å². The first-order chi connectivity index (χ1) is 22.0. The van der Waals surface area contributed by atoms with E-state index in [0.29, 0.717) is 38.6 Å². The number of hydrogen-bond acceptors (Lipinski definition) is 4. The van der Waals surface area contributed by atoms with Gasteiger partial charge in [-0.2, -0.15) is 0 Å². The summed E-state index contributed by atoms with van der Waals surface area (Å²) in [5.74, 6) is 0. The summed E-state index contributed by atoms with van der Waals surface area (Å²) in [5, 5.41) is 51.2. The maximum atomic E-state index is 12.8. The highest BCUT2D eigenvalue weighted by atomic mass is 28.3. The second kappa shape index (κ2) is 13.6. The fourth-order valence-electron chi connectivity index (χ4n) is 6.53. The van der Waals surface area contributed by atoms with E-state index in [-0.39, 0.29) is 0 Å². The summed E-state index contributed by atoms with van der Waals surface area (Å²) in [6, 6.07) is 52.8. The Labute approximate surface area is 265 Å². The molecule has 0 aromatic heterocycles. The molecule has 0 heterocycles. The highest BCUT2D eigenvalue weighted by molar-refractivity contribution is 7.03. The van der Waals surface area contributed by atoms with Crippen LogP contribution in [0.15, 0.2) is 170 Å². The minimum atomic E-state index is -3.81. The van der Waals surface area contributed by atoms with Crippen molar-refractivity contribution in [1.82, 2.24) is 0 Å². The van der Waals surface area contributed by atoms with Gasteiger partial charge in [0, 0.05) is 0 Å². The van der Waals surface area contributed by atoms with E-state index in [1.54, 1.807) is 0 Å². The van der Waals surface area contributed by atoms with E-state index >= 15 is 0 Å². The SMILES string of the molecule is OC(c1ccccc1)c1cccc([Si](c2ccccc2)(C(O)c2ccccc2)C(O)c2ccccc2)c1C(O)c1ccccc1. The van der Waals surface area contributed by atoms with Gasteiger partial charge < -0.3 is 20.4 Å². The van der Waals surface area contributed by atoms with E-state index in [1.165, 1.54) is 0 Å². The average Bonchev–Trinajstić information content (AvgIpc) is 3.13. The van der Waals surface area contributed by atoms with Gasteiger partial charge >= 0.3 is 0 Å². The minimum absolute atomic E-state index is 0.487. The Bertz CT molecular complexity index is 1750. The number of benzene rings is 6. The molecule has 0 spiro atoms. The van der Waals surface area contributed by atoms with Crippen molar-refractivity contribution in [3.8, 4) is 0 Å². The third-order valence-corrected chi connectivity index (χ3v) is 13.7. The maximum Gasteiger partial charge on any atom is 0.190 e. The van der Waals surface area contributed by atoms with Crippen LogP contribution in [0.5, 0.6) is 0 Å². The van der Waals surface area contributed by atoms with Crippen molar-refractivity contribution in [2.24, 2.45) is 0 Å². The molecule has 0 fully saturated rings. The predicted molar refractivity (Wildman–Crippen MR) is 182 cm³/mol. The molecule has 5 heteroatoms. The number of aliphatic hydroxyl groups is 4. The number of hydrogen-bond donors (Lipinski definition) is 4. The molecule has 0 aliphatic carbocycles. The van der Waals surface area contributed by atoms with Gasteiger partial charge in [0.15, 0.2) is 8.07 Å². The molecular formula is C40H36O4Si. The van der Waals surface area contributed by atoms with Gasteiger partial charge in [-0.3, -0.25) is 0 Å². The minimum Gasteiger partial charge on any atom is -0.391 e. The molecule has 224 valence electrons. The summed E-state index contributed by atoms with van der Waals surface area (Å²) in [6.45, 7) is 0. The van der Waals surface area contributed by atoms with Crippen molar-refractivity contribution in [2.45, 2.75) is 23.7 Å². The van der Waals surface area contributed by atoms with Crippen molar-refractivity contribution in [1.29, 1.82) is 0 Å². The molecule has 6 aromatic carbocycles. The lowest BCUT2D eigenvalue weighted by atomic mass is 9.91. The Morgan fingerprint density at radius 3 is 1.18 bits per heavy atom. The van der Waals surface area contributed by atoms with Gasteiger partial charge in [-0.15, -0.1) is 0 Å². The van der Waals surface area contributed by atoms with E-state index in [2.05, 4.69) is 0 Å². The van der Waals surface area contributed by atoms with Crippen LogP contribution < -0.4 is 10.4 Å². The smallest absolute Gasteiger partial charge is 0.190 e. The fraction of sp³-hybridized carbons (Fsp3) is 0.100. The van der Waals surface area contributed by atoms with Gasteiger partial charge in [0.2, 0.25) is 0 Å². The van der Waals surface area contributed by atoms with Gasteiger partial charge in [0.1, 0.15) is 12.2 Å². The first kappa shape index (κ1) is 30.4. The second-order valence-electron chi connectivity index (χ2n) is 11.3. The van der Waals surface area contributed by atoms with Crippen LogP contribution in [0, 0.1) is 0 Å². The quantitative estimate of drug-likeness (QED) is 0.145. The molecule has 45 heavy (non-hydrogen) atoms. The molecule has 0 radical (unpaired) electrons. The molecule has 0 aliphatic heterocycles. The van der Waals surface area contributed by atoms with Crippen LogP contribution in [0.2, 0.25) is 0 Å². The van der Waals surface area contributed by atoms with Crippen LogP contribution in [-0.4, -0.2) is 28.5 Å². The zero-order chi connectivity index (χ0) is 31.2. The van der Waals surface area contributed by atoms with E-state index in [4.69, 9.17) is 0 Å². The topological polar surface area (TPSA) is 80.9 Å². The van der Waals surface area contributed by atoms with E-state index in [0.717, 1.165) is 5.19 Å². The predicted octanol–water partition coefficient (Wildman–Crippen LogP) is 5.96. The van der Waals surface area contributed by atoms with Gasteiger partial charge in [0.25, 0.3) is 0 Å². The summed E-state index contributed by atoms with van der Waals surface area (Å²) in [4.78, 5) is 0. The van der Waals surface area contributed by atoms with Crippen molar-refractivity contribution in [3.05, 3.63) is 203 Å². The van der Waals surface area contributed by atoms with Crippen molar-refractivity contribution >= 4 is 18.4 Å². The fourth-order valence-corrected chi connectivity index (χ4v) is 11.6. The third-order valence-electron chi connectivity index (χ3n) is 8.73. The average molecular weight is 609 g/mol. The largest absolute Gasteiger partial charge is 0.391 e. The van der Waals surface area contributed by atoms with Crippen molar-refractivity contribution in [2.75, 3.05) is 0 Å². The molecule has 6 aromatic rings. The monoisotopic (exact) mass is 608 g/mol. The van der Waals surface area contributed by atoms with Crippen LogP contribution in [-0.2, 0) is 0 Å². The van der Waals surface area contributed by atoms with Gasteiger partial charge in [-0.1, -0.05) is 170 Å². The third kappa shape index (κ3) is 5.80. The van der Waals surface area contributed by atoms with Gasteiger partial charge in [-0.25, -0.2) is 0 Å². The van der Waals surface area contributed by atoms with Crippen molar-refractivity contribution in [3.63, 3.8) is 0 Å². The zero-order valence-corrected chi connectivity index (χ0v) is 25.8. The maximum absolute atomic E-state index is 12.8. The lowest BCUT2D eigenvalue weighted by Crippen LogP contribution is -2.68. The Morgan fingerprint density at radius 2 is 0.733 bits per heavy atom. The van der Waals surface area contributed by atoms with Crippen LogP contribution in [0.25, 0.3) is 0 Å². The van der Waals surface area contributed by atoms with E-state index in [1.807, 2.05) is 170 Å².